The summed E-state index contributed by atoms with van der Waals surface area (Å²) in [7, 11) is 0. The number of ether oxygens (including phenoxy) is 1. The summed E-state index contributed by atoms with van der Waals surface area (Å²) in [5, 5.41) is 5.65. The van der Waals surface area contributed by atoms with Crippen LogP contribution in [0.2, 0.25) is 0 Å². The normalized spacial score (nSPS) is 18.1. The highest BCUT2D eigenvalue weighted by atomic mass is 16.5. The molecule has 2 heterocycles. The Bertz CT molecular complexity index is 986. The summed E-state index contributed by atoms with van der Waals surface area (Å²) in [6, 6.07) is 12.8. The highest BCUT2D eigenvalue weighted by Crippen LogP contribution is 2.37. The van der Waals surface area contributed by atoms with Crippen molar-refractivity contribution in [1.82, 2.24) is 5.32 Å². The average Bonchev–Trinajstić information content (AvgIpc) is 3.23. The van der Waals surface area contributed by atoms with E-state index < -0.39 is 12.1 Å². The zero-order valence-electron chi connectivity index (χ0n) is 17.1. The lowest BCUT2D eigenvalue weighted by molar-refractivity contribution is -0.129. The van der Waals surface area contributed by atoms with E-state index >= 15 is 0 Å². The second-order valence-corrected chi connectivity index (χ2v) is 7.82. The Balaban J connectivity index is 1.37. The number of anilines is 2. The van der Waals surface area contributed by atoms with E-state index in [4.69, 9.17) is 4.74 Å². The summed E-state index contributed by atoms with van der Waals surface area (Å²) < 4.78 is 5.33. The third kappa shape index (κ3) is 4.01. The second-order valence-electron chi connectivity index (χ2n) is 7.82. The average molecular weight is 407 g/mol. The number of amides is 2. The molecule has 7 heteroatoms. The molecule has 2 aliphatic rings. The van der Waals surface area contributed by atoms with Gasteiger partial charge in [-0.1, -0.05) is 29.8 Å². The van der Waals surface area contributed by atoms with E-state index in [2.05, 4.69) is 15.5 Å². The van der Waals surface area contributed by atoms with Gasteiger partial charge >= 0.3 is 5.97 Å². The molecule has 156 valence electrons. The van der Waals surface area contributed by atoms with Crippen LogP contribution >= 0.6 is 0 Å². The number of nitrogens with zero attached hydrogens (tertiary/aromatic N) is 1. The summed E-state index contributed by atoms with van der Waals surface area (Å²) in [6.45, 7) is 4.73. The fraction of sp³-hybridized carbons (Fsp3) is 0.348. The van der Waals surface area contributed by atoms with E-state index in [0.717, 1.165) is 36.2 Å². The molecule has 0 unspecified atom stereocenters. The summed E-state index contributed by atoms with van der Waals surface area (Å²) in [4.78, 5) is 39.2. The van der Waals surface area contributed by atoms with Gasteiger partial charge in [0.25, 0.3) is 5.91 Å². The maximum atomic E-state index is 12.5. The molecule has 0 aliphatic carbocycles. The zero-order valence-corrected chi connectivity index (χ0v) is 17.1. The van der Waals surface area contributed by atoms with Crippen LogP contribution in [0, 0.1) is 6.92 Å². The van der Waals surface area contributed by atoms with Crippen LogP contribution in [0.3, 0.4) is 0 Å². The first-order chi connectivity index (χ1) is 14.4. The number of aryl methyl sites for hydroxylation is 1. The molecule has 0 radical (unpaired) electrons. The Morgan fingerprint density at radius 3 is 2.77 bits per heavy atom. The van der Waals surface area contributed by atoms with Crippen molar-refractivity contribution in [2.45, 2.75) is 45.4 Å². The first kappa shape index (κ1) is 19.9. The largest absolute Gasteiger partial charge is 0.449 e. The summed E-state index contributed by atoms with van der Waals surface area (Å²) >= 11 is 0. The highest BCUT2D eigenvalue weighted by molar-refractivity contribution is 6.05. The van der Waals surface area contributed by atoms with Crippen molar-refractivity contribution < 1.29 is 19.1 Å². The molecule has 0 spiro atoms. The fourth-order valence-corrected chi connectivity index (χ4v) is 3.88. The molecule has 2 aromatic carbocycles. The molecule has 2 aromatic rings. The molecule has 7 nitrogen and oxygen atoms in total. The minimum Gasteiger partial charge on any atom is -0.449 e. The summed E-state index contributed by atoms with van der Waals surface area (Å²) in [6.07, 6.45) is 0.873. The molecule has 0 saturated carbocycles. The number of esters is 1. The van der Waals surface area contributed by atoms with Gasteiger partial charge in [0.2, 0.25) is 5.91 Å². The number of carbonyl (C=O) groups excluding carboxylic acids is 3. The standard InChI is InChI=1S/C23H25N3O4/c1-14-5-7-16(8-6-14)13-24-21(27)15(2)30-23(29)17-9-10-19-18(12-17)25-22(28)20-4-3-11-26(19)20/h5-10,12,15,20H,3-4,11,13H2,1-2H3,(H,24,27)(H,25,28)/t15-,20+/m1/s1. The van der Waals surface area contributed by atoms with Gasteiger partial charge in [-0.25, -0.2) is 4.79 Å². The number of carbonyl (C=O) groups is 3. The molecular weight excluding hydrogens is 382 g/mol. The van der Waals surface area contributed by atoms with Gasteiger partial charge in [0, 0.05) is 13.1 Å². The van der Waals surface area contributed by atoms with Crippen LogP contribution in [0.1, 0.15) is 41.3 Å². The van der Waals surface area contributed by atoms with Crippen molar-refractivity contribution in [3.05, 3.63) is 59.2 Å². The second kappa shape index (κ2) is 8.18. The van der Waals surface area contributed by atoms with Gasteiger partial charge in [0.1, 0.15) is 6.04 Å². The monoisotopic (exact) mass is 407 g/mol. The first-order valence-corrected chi connectivity index (χ1v) is 10.2. The lowest BCUT2D eigenvalue weighted by Crippen LogP contribution is -2.44. The molecule has 0 bridgehead atoms. The first-order valence-electron chi connectivity index (χ1n) is 10.2. The minimum absolute atomic E-state index is 0.0469. The van der Waals surface area contributed by atoms with Crippen LogP contribution in [-0.2, 0) is 20.9 Å². The molecule has 30 heavy (non-hydrogen) atoms. The Kier molecular flexibility index (Phi) is 5.44. The smallest absolute Gasteiger partial charge is 0.338 e. The lowest BCUT2D eigenvalue weighted by Gasteiger charge is -2.33. The minimum atomic E-state index is -0.934. The van der Waals surface area contributed by atoms with E-state index in [1.165, 1.54) is 6.92 Å². The van der Waals surface area contributed by atoms with Crippen LogP contribution < -0.4 is 15.5 Å². The van der Waals surface area contributed by atoms with Crippen LogP contribution in [0.15, 0.2) is 42.5 Å². The van der Waals surface area contributed by atoms with E-state index in [-0.39, 0.29) is 17.9 Å². The van der Waals surface area contributed by atoms with Crippen molar-refractivity contribution in [1.29, 1.82) is 0 Å². The number of benzene rings is 2. The highest BCUT2D eigenvalue weighted by Gasteiger charge is 2.36. The summed E-state index contributed by atoms with van der Waals surface area (Å²) in [5.74, 6) is -1.02. The molecule has 4 rings (SSSR count). The Hall–Kier alpha value is -3.35. The van der Waals surface area contributed by atoms with Crippen molar-refractivity contribution in [3.63, 3.8) is 0 Å². The molecule has 2 atom stereocenters. The third-order valence-electron chi connectivity index (χ3n) is 5.60. The van der Waals surface area contributed by atoms with Crippen molar-refractivity contribution >= 4 is 29.2 Å². The molecule has 1 fully saturated rings. The quantitative estimate of drug-likeness (QED) is 0.745. The number of fused-ring (bicyclic) bond motifs is 3. The zero-order chi connectivity index (χ0) is 21.3. The maximum Gasteiger partial charge on any atom is 0.338 e. The SMILES string of the molecule is Cc1ccc(CNC(=O)[C@@H](C)OC(=O)c2ccc3c(c2)NC(=O)[C@@H]2CCCN32)cc1. The maximum absolute atomic E-state index is 12.5. The predicted molar refractivity (Wildman–Crippen MR) is 113 cm³/mol. The molecule has 2 amide bonds. The Morgan fingerprint density at radius 2 is 2.00 bits per heavy atom. The van der Waals surface area contributed by atoms with E-state index in [9.17, 15) is 14.4 Å². The molecule has 2 N–H and O–H groups in total. The van der Waals surface area contributed by atoms with Gasteiger partial charge in [-0.05, 0) is 50.5 Å². The van der Waals surface area contributed by atoms with Gasteiger partial charge in [-0.3, -0.25) is 9.59 Å². The molecule has 1 saturated heterocycles. The molecule has 0 aromatic heterocycles. The van der Waals surface area contributed by atoms with Crippen molar-refractivity contribution in [3.8, 4) is 0 Å². The third-order valence-corrected chi connectivity index (χ3v) is 5.60. The van der Waals surface area contributed by atoms with Crippen LogP contribution in [0.25, 0.3) is 0 Å². The number of hydrogen-bond acceptors (Lipinski definition) is 5. The van der Waals surface area contributed by atoms with Crippen molar-refractivity contribution in [2.75, 3.05) is 16.8 Å². The van der Waals surface area contributed by atoms with Crippen molar-refractivity contribution in [2.24, 2.45) is 0 Å². The van der Waals surface area contributed by atoms with E-state index in [1.807, 2.05) is 37.3 Å². The molecular formula is C23H25N3O4. The van der Waals surface area contributed by atoms with E-state index in [1.54, 1.807) is 12.1 Å². The number of rotatable bonds is 5. The topological polar surface area (TPSA) is 87.7 Å². The van der Waals surface area contributed by atoms with Gasteiger partial charge in [-0.15, -0.1) is 0 Å². The van der Waals surface area contributed by atoms with E-state index in [0.29, 0.717) is 17.8 Å². The number of nitrogens with one attached hydrogen (secondary N) is 2. The van der Waals surface area contributed by atoms with Crippen LogP contribution in [0.5, 0.6) is 0 Å². The van der Waals surface area contributed by atoms with Gasteiger partial charge in [0.05, 0.1) is 16.9 Å². The van der Waals surface area contributed by atoms with Crippen LogP contribution in [0.4, 0.5) is 11.4 Å². The van der Waals surface area contributed by atoms with Gasteiger partial charge in [-0.2, -0.15) is 0 Å². The van der Waals surface area contributed by atoms with Gasteiger partial charge < -0.3 is 20.3 Å². The molecule has 2 aliphatic heterocycles. The van der Waals surface area contributed by atoms with Crippen LogP contribution in [-0.4, -0.2) is 36.5 Å². The Morgan fingerprint density at radius 1 is 1.23 bits per heavy atom. The number of hydrogen-bond donors (Lipinski definition) is 2. The lowest BCUT2D eigenvalue weighted by atomic mass is 10.1. The predicted octanol–water partition coefficient (Wildman–Crippen LogP) is 2.78. The Labute approximate surface area is 175 Å². The summed E-state index contributed by atoms with van der Waals surface area (Å²) in [5.41, 5.74) is 3.93. The fourth-order valence-electron chi connectivity index (χ4n) is 3.88. The van der Waals surface area contributed by atoms with Gasteiger partial charge in [0.15, 0.2) is 6.10 Å².